The summed E-state index contributed by atoms with van der Waals surface area (Å²) < 4.78 is 38.9. The van der Waals surface area contributed by atoms with Crippen LogP contribution < -0.4 is 24.8 Å². The zero-order chi connectivity index (χ0) is 19.9. The molecule has 9 heteroatoms. The molecule has 0 atom stereocenters. The van der Waals surface area contributed by atoms with Gasteiger partial charge in [-0.3, -0.25) is 9.59 Å². The number of carbonyl (C=O) groups is 2. The van der Waals surface area contributed by atoms with E-state index >= 15 is 0 Å². The largest absolute Gasteiger partial charge is 0.454 e. The average Bonchev–Trinajstić information content (AvgIpc) is 3.15. The number of halogens is 2. The predicted molar refractivity (Wildman–Crippen MR) is 94.7 cm³/mol. The van der Waals surface area contributed by atoms with E-state index in [0.29, 0.717) is 30.0 Å². The highest BCUT2D eigenvalue weighted by molar-refractivity contribution is 5.97. The molecule has 1 aliphatic rings. The molecule has 1 aliphatic heterocycles. The molecule has 2 aromatic rings. The summed E-state index contributed by atoms with van der Waals surface area (Å²) in [6.07, 6.45) is 0.511. The molecule has 148 valence electrons. The van der Waals surface area contributed by atoms with Gasteiger partial charge in [-0.25, -0.2) is 0 Å². The Kier molecular flexibility index (Phi) is 6.25. The molecule has 0 spiro atoms. The van der Waals surface area contributed by atoms with Crippen LogP contribution in [0.25, 0.3) is 0 Å². The van der Waals surface area contributed by atoms with E-state index in [-0.39, 0.29) is 25.0 Å². The van der Waals surface area contributed by atoms with Crippen molar-refractivity contribution in [2.24, 2.45) is 0 Å². The molecule has 3 rings (SSSR count). The maximum absolute atomic E-state index is 12.1. The normalized spacial score (nSPS) is 12.0. The summed E-state index contributed by atoms with van der Waals surface area (Å²) in [7, 11) is 0. The van der Waals surface area contributed by atoms with Crippen molar-refractivity contribution in [1.82, 2.24) is 10.6 Å². The lowest BCUT2D eigenvalue weighted by atomic mass is 10.1. The first-order valence-electron chi connectivity index (χ1n) is 8.49. The second-order valence-corrected chi connectivity index (χ2v) is 5.87. The molecule has 0 saturated carbocycles. The third kappa shape index (κ3) is 5.32. The van der Waals surface area contributed by atoms with Crippen LogP contribution in [0.3, 0.4) is 0 Å². The highest BCUT2D eigenvalue weighted by Crippen LogP contribution is 2.32. The van der Waals surface area contributed by atoms with E-state index in [9.17, 15) is 18.4 Å². The number of nitrogens with one attached hydrogen (secondary N) is 2. The smallest absolute Gasteiger partial charge is 0.387 e. The van der Waals surface area contributed by atoms with Crippen LogP contribution in [0.15, 0.2) is 42.5 Å². The highest BCUT2D eigenvalue weighted by Gasteiger charge is 2.16. The summed E-state index contributed by atoms with van der Waals surface area (Å²) in [6, 6.07) is 10.9. The highest BCUT2D eigenvalue weighted by atomic mass is 19.3. The Hall–Kier alpha value is -3.36. The number of hydrogen-bond donors (Lipinski definition) is 2. The van der Waals surface area contributed by atoms with Gasteiger partial charge < -0.3 is 24.8 Å². The van der Waals surface area contributed by atoms with Crippen LogP contribution >= 0.6 is 0 Å². The van der Waals surface area contributed by atoms with Gasteiger partial charge in [-0.05, 0) is 42.3 Å². The molecular formula is C19H18F2N2O5. The first-order valence-corrected chi connectivity index (χ1v) is 8.49. The molecule has 0 unspecified atom stereocenters. The van der Waals surface area contributed by atoms with Gasteiger partial charge in [0.15, 0.2) is 11.5 Å². The molecule has 7 nitrogen and oxygen atoms in total. The Labute approximate surface area is 159 Å². The van der Waals surface area contributed by atoms with Gasteiger partial charge in [0.2, 0.25) is 12.7 Å². The third-order valence-electron chi connectivity index (χ3n) is 3.93. The first kappa shape index (κ1) is 19.4. The zero-order valence-corrected chi connectivity index (χ0v) is 14.7. The summed E-state index contributed by atoms with van der Waals surface area (Å²) in [5.41, 5.74) is 1.22. The molecule has 0 radical (unpaired) electrons. The van der Waals surface area contributed by atoms with E-state index in [1.165, 1.54) is 12.1 Å². The van der Waals surface area contributed by atoms with Gasteiger partial charge in [-0.2, -0.15) is 8.78 Å². The molecule has 2 aromatic carbocycles. The van der Waals surface area contributed by atoms with E-state index in [1.54, 1.807) is 30.3 Å². The van der Waals surface area contributed by atoms with Gasteiger partial charge in [-0.1, -0.05) is 12.1 Å². The van der Waals surface area contributed by atoms with Gasteiger partial charge in [0, 0.05) is 12.1 Å². The summed E-state index contributed by atoms with van der Waals surface area (Å²) in [4.78, 5) is 24.0. The van der Waals surface area contributed by atoms with Crippen molar-refractivity contribution in [2.75, 3.05) is 19.9 Å². The van der Waals surface area contributed by atoms with Gasteiger partial charge in [-0.15, -0.1) is 0 Å². The maximum atomic E-state index is 12.1. The molecule has 2 amide bonds. The van der Waals surface area contributed by atoms with Gasteiger partial charge in [0.25, 0.3) is 5.91 Å². The fourth-order valence-electron chi connectivity index (χ4n) is 2.55. The van der Waals surface area contributed by atoms with Crippen LogP contribution in [0.1, 0.15) is 15.9 Å². The van der Waals surface area contributed by atoms with Crippen LogP contribution in [-0.4, -0.2) is 38.3 Å². The van der Waals surface area contributed by atoms with Crippen molar-refractivity contribution < 1.29 is 32.6 Å². The number of amides is 2. The number of benzene rings is 2. The van der Waals surface area contributed by atoms with Crippen molar-refractivity contribution in [3.05, 3.63) is 53.6 Å². The maximum Gasteiger partial charge on any atom is 0.387 e. The zero-order valence-electron chi connectivity index (χ0n) is 14.7. The minimum absolute atomic E-state index is 0.0778. The van der Waals surface area contributed by atoms with Crippen LogP contribution in [0.2, 0.25) is 0 Å². The fraction of sp³-hybridized carbons (Fsp3) is 0.263. The topological polar surface area (TPSA) is 85.9 Å². The molecule has 28 heavy (non-hydrogen) atoms. The minimum Gasteiger partial charge on any atom is -0.454 e. The molecular weight excluding hydrogens is 374 g/mol. The standard InChI is InChI=1S/C19H18F2N2O5/c20-19(21)28-14-4-1-12(2-5-14)7-8-22-17(24)10-23-18(25)13-3-6-15-16(9-13)27-11-26-15/h1-6,9,19H,7-8,10-11H2,(H,22,24)(H,23,25). The Bertz CT molecular complexity index is 843. The second-order valence-electron chi connectivity index (χ2n) is 5.87. The van der Waals surface area contributed by atoms with Crippen LogP contribution in [0.5, 0.6) is 17.2 Å². The number of ether oxygens (including phenoxy) is 3. The van der Waals surface area contributed by atoms with Crippen LogP contribution in [0, 0.1) is 0 Å². The third-order valence-corrected chi connectivity index (χ3v) is 3.93. The van der Waals surface area contributed by atoms with Crippen molar-refractivity contribution in [3.8, 4) is 17.2 Å². The summed E-state index contributed by atoms with van der Waals surface area (Å²) in [6.45, 7) is -2.58. The van der Waals surface area contributed by atoms with E-state index in [1.807, 2.05) is 0 Å². The van der Waals surface area contributed by atoms with E-state index in [0.717, 1.165) is 5.56 Å². The molecule has 1 heterocycles. The number of fused-ring (bicyclic) bond motifs is 1. The second kappa shape index (κ2) is 9.03. The number of hydrogen-bond acceptors (Lipinski definition) is 5. The van der Waals surface area contributed by atoms with Crippen LogP contribution in [0.4, 0.5) is 8.78 Å². The monoisotopic (exact) mass is 392 g/mol. The molecule has 0 aromatic heterocycles. The van der Waals surface area contributed by atoms with Crippen molar-refractivity contribution in [1.29, 1.82) is 0 Å². The lowest BCUT2D eigenvalue weighted by Gasteiger charge is -2.08. The summed E-state index contributed by atoms with van der Waals surface area (Å²) in [5, 5.41) is 5.21. The van der Waals surface area contributed by atoms with Crippen LogP contribution in [-0.2, 0) is 11.2 Å². The predicted octanol–water partition coefficient (Wildman–Crippen LogP) is 2.11. The summed E-state index contributed by atoms with van der Waals surface area (Å²) >= 11 is 0. The van der Waals surface area contributed by atoms with Gasteiger partial charge in [0.05, 0.1) is 6.54 Å². The molecule has 0 bridgehead atoms. The lowest BCUT2D eigenvalue weighted by molar-refractivity contribution is -0.120. The molecule has 2 N–H and O–H groups in total. The lowest BCUT2D eigenvalue weighted by Crippen LogP contribution is -2.37. The number of rotatable bonds is 8. The van der Waals surface area contributed by atoms with Crippen molar-refractivity contribution in [3.63, 3.8) is 0 Å². The number of alkyl halides is 2. The Morgan fingerprint density at radius 2 is 1.79 bits per heavy atom. The molecule has 0 aliphatic carbocycles. The van der Waals surface area contributed by atoms with Gasteiger partial charge in [0.1, 0.15) is 5.75 Å². The Morgan fingerprint density at radius 3 is 2.54 bits per heavy atom. The van der Waals surface area contributed by atoms with E-state index in [4.69, 9.17) is 9.47 Å². The fourth-order valence-corrected chi connectivity index (χ4v) is 2.55. The average molecular weight is 392 g/mol. The Morgan fingerprint density at radius 1 is 1.04 bits per heavy atom. The van der Waals surface area contributed by atoms with Gasteiger partial charge >= 0.3 is 6.61 Å². The quantitative estimate of drug-likeness (QED) is 0.719. The first-order chi connectivity index (χ1) is 13.5. The van der Waals surface area contributed by atoms with E-state index in [2.05, 4.69) is 15.4 Å². The van der Waals surface area contributed by atoms with Crippen molar-refractivity contribution in [2.45, 2.75) is 13.0 Å². The van der Waals surface area contributed by atoms with E-state index < -0.39 is 12.5 Å². The molecule has 0 saturated heterocycles. The SMILES string of the molecule is O=C(CNC(=O)c1ccc2c(c1)OCO2)NCCc1ccc(OC(F)F)cc1. The summed E-state index contributed by atoms with van der Waals surface area (Å²) in [5.74, 6) is 0.397. The Balaban J connectivity index is 1.38. The van der Waals surface area contributed by atoms with Crippen molar-refractivity contribution >= 4 is 11.8 Å². The number of carbonyl (C=O) groups excluding carboxylic acids is 2. The molecule has 0 fully saturated rings. The minimum atomic E-state index is -2.86.